The van der Waals surface area contributed by atoms with Crippen LogP contribution in [0.2, 0.25) is 0 Å². The van der Waals surface area contributed by atoms with Crippen LogP contribution in [0.4, 0.5) is 5.82 Å². The van der Waals surface area contributed by atoms with E-state index < -0.39 is 18.1 Å². The van der Waals surface area contributed by atoms with Crippen molar-refractivity contribution < 1.29 is 14.4 Å². The quantitative estimate of drug-likeness (QED) is 0.421. The molecule has 2 heterocycles. The van der Waals surface area contributed by atoms with E-state index in [0.29, 0.717) is 24.5 Å². The van der Waals surface area contributed by atoms with E-state index in [2.05, 4.69) is 33.3 Å². The maximum Gasteiger partial charge on any atom is 0.314 e. The van der Waals surface area contributed by atoms with E-state index in [4.69, 9.17) is 0 Å². The number of anilines is 1. The molecule has 1 aromatic heterocycles. The van der Waals surface area contributed by atoms with Gasteiger partial charge in [0.15, 0.2) is 6.29 Å². The summed E-state index contributed by atoms with van der Waals surface area (Å²) in [6, 6.07) is 1.69. The van der Waals surface area contributed by atoms with Crippen molar-refractivity contribution in [1.82, 2.24) is 25.7 Å². The monoisotopic (exact) mass is 364 g/mol. The Morgan fingerprint density at radius 2 is 2.08 bits per heavy atom. The van der Waals surface area contributed by atoms with E-state index >= 15 is 0 Å². The summed E-state index contributed by atoms with van der Waals surface area (Å²) in [5.74, 6) is -1.17. The average Bonchev–Trinajstić information content (AvgIpc) is 2.98. The third-order valence-electron chi connectivity index (χ3n) is 4.23. The van der Waals surface area contributed by atoms with E-state index in [0.717, 1.165) is 25.7 Å². The van der Waals surface area contributed by atoms with Gasteiger partial charge < -0.3 is 16.0 Å². The van der Waals surface area contributed by atoms with Gasteiger partial charge in [0, 0.05) is 25.1 Å². The molecule has 9 heteroatoms. The smallest absolute Gasteiger partial charge is 0.314 e. The number of unbranched alkanes of at least 4 members (excludes halogenated alkanes) is 2. The summed E-state index contributed by atoms with van der Waals surface area (Å²) in [4.78, 5) is 35.9. The zero-order valence-electron chi connectivity index (χ0n) is 15.6. The minimum absolute atomic E-state index is 0.0312. The number of hydrogen-bond donors (Lipinski definition) is 4. The number of rotatable bonds is 7. The zero-order valence-corrected chi connectivity index (χ0v) is 15.6. The van der Waals surface area contributed by atoms with Gasteiger partial charge in [-0.15, -0.1) is 0 Å². The van der Waals surface area contributed by atoms with Gasteiger partial charge in [0.05, 0.1) is 5.69 Å². The second kappa shape index (κ2) is 9.33. The molecule has 1 aliphatic heterocycles. The van der Waals surface area contributed by atoms with Gasteiger partial charge in [-0.25, -0.2) is 4.68 Å². The fraction of sp³-hybridized carbons (Fsp3) is 0.647. The molecule has 0 bridgehead atoms. The van der Waals surface area contributed by atoms with Crippen molar-refractivity contribution in [1.29, 1.82) is 0 Å². The largest absolute Gasteiger partial charge is 0.348 e. The van der Waals surface area contributed by atoms with Crippen molar-refractivity contribution in [2.75, 3.05) is 11.9 Å². The second-order valence-corrected chi connectivity index (χ2v) is 6.48. The Kier molecular flexibility index (Phi) is 7.14. The first-order valence-corrected chi connectivity index (χ1v) is 9.15. The van der Waals surface area contributed by atoms with Crippen molar-refractivity contribution in [2.45, 2.75) is 65.2 Å². The third-order valence-corrected chi connectivity index (χ3v) is 4.23. The summed E-state index contributed by atoms with van der Waals surface area (Å²) < 4.78 is 1.48. The summed E-state index contributed by atoms with van der Waals surface area (Å²) >= 11 is 0. The molecule has 0 aromatic carbocycles. The Labute approximate surface area is 153 Å². The van der Waals surface area contributed by atoms with Crippen molar-refractivity contribution in [3.8, 4) is 0 Å². The van der Waals surface area contributed by atoms with E-state index in [1.165, 1.54) is 4.68 Å². The number of carbonyl (C=O) groups is 3. The maximum atomic E-state index is 12.1. The molecule has 0 saturated carbocycles. The first-order chi connectivity index (χ1) is 12.4. The molecule has 26 heavy (non-hydrogen) atoms. The Hall–Kier alpha value is -2.42. The van der Waals surface area contributed by atoms with Gasteiger partial charge in [0.1, 0.15) is 5.82 Å². The fourth-order valence-corrected chi connectivity index (χ4v) is 2.79. The van der Waals surface area contributed by atoms with Crippen molar-refractivity contribution >= 4 is 23.5 Å². The van der Waals surface area contributed by atoms with E-state index in [-0.39, 0.29) is 11.9 Å². The van der Waals surface area contributed by atoms with Gasteiger partial charge in [0.2, 0.25) is 5.91 Å². The average molecular weight is 364 g/mol. The summed E-state index contributed by atoms with van der Waals surface area (Å²) in [5, 5.41) is 15.6. The molecular formula is C17H28N6O3. The van der Waals surface area contributed by atoms with Gasteiger partial charge in [-0.2, -0.15) is 5.10 Å². The molecular weight excluding hydrogens is 336 g/mol. The lowest BCUT2D eigenvalue weighted by Gasteiger charge is -2.31. The standard InChI is InChI=1S/C17H28N6O3/c1-4-6-7-8-18-15(25)16(26)20-13-9-11(3)22-23(13)17-19-12(5-2)10-14(24)21-17/h9,12,17,19H,4-8,10H2,1-3H3,(H,18,25)(H,20,26)(H,21,24). The van der Waals surface area contributed by atoms with Crippen molar-refractivity contribution in [2.24, 2.45) is 0 Å². The van der Waals surface area contributed by atoms with Crippen molar-refractivity contribution in [3.63, 3.8) is 0 Å². The maximum absolute atomic E-state index is 12.1. The lowest BCUT2D eigenvalue weighted by molar-refractivity contribution is -0.136. The topological polar surface area (TPSA) is 117 Å². The van der Waals surface area contributed by atoms with Gasteiger partial charge in [-0.1, -0.05) is 26.7 Å². The molecule has 1 fully saturated rings. The molecule has 1 aliphatic rings. The van der Waals surface area contributed by atoms with Gasteiger partial charge in [-0.3, -0.25) is 19.7 Å². The molecule has 1 aromatic rings. The molecule has 4 N–H and O–H groups in total. The molecule has 0 aliphatic carbocycles. The van der Waals surface area contributed by atoms with E-state index in [9.17, 15) is 14.4 Å². The van der Waals surface area contributed by atoms with Crippen LogP contribution in [0, 0.1) is 6.92 Å². The Balaban J connectivity index is 2.03. The molecule has 144 valence electrons. The minimum atomic E-state index is -0.753. The first-order valence-electron chi connectivity index (χ1n) is 9.15. The predicted molar refractivity (Wildman–Crippen MR) is 97.1 cm³/mol. The number of nitrogens with one attached hydrogen (secondary N) is 4. The molecule has 3 amide bonds. The van der Waals surface area contributed by atoms with E-state index in [1.807, 2.05) is 6.92 Å². The summed E-state index contributed by atoms with van der Waals surface area (Å²) in [7, 11) is 0. The highest BCUT2D eigenvalue weighted by Gasteiger charge is 2.28. The molecule has 9 nitrogen and oxygen atoms in total. The minimum Gasteiger partial charge on any atom is -0.348 e. The van der Waals surface area contributed by atoms with Crippen LogP contribution in [-0.4, -0.2) is 40.1 Å². The number of nitrogens with zero attached hydrogens (tertiary/aromatic N) is 2. The third kappa shape index (κ3) is 5.29. The van der Waals surface area contributed by atoms with Gasteiger partial charge in [0.25, 0.3) is 0 Å². The SMILES string of the molecule is CCCCCNC(=O)C(=O)Nc1cc(C)nn1C1NC(=O)CC(CC)N1. The molecule has 2 unspecified atom stereocenters. The summed E-state index contributed by atoms with van der Waals surface area (Å²) in [6.07, 6.45) is 3.50. The molecule has 2 rings (SSSR count). The number of amides is 3. The van der Waals surface area contributed by atoms with Crippen molar-refractivity contribution in [3.05, 3.63) is 11.8 Å². The second-order valence-electron chi connectivity index (χ2n) is 6.48. The van der Waals surface area contributed by atoms with Gasteiger partial charge in [-0.05, 0) is 19.8 Å². The Bertz CT molecular complexity index is 657. The van der Waals surface area contributed by atoms with Crippen LogP contribution in [0.5, 0.6) is 0 Å². The van der Waals surface area contributed by atoms with Crippen LogP contribution in [0.25, 0.3) is 0 Å². The van der Waals surface area contributed by atoms with Gasteiger partial charge >= 0.3 is 11.8 Å². The van der Waals surface area contributed by atoms with Crippen LogP contribution in [0.3, 0.4) is 0 Å². The van der Waals surface area contributed by atoms with Crippen LogP contribution in [0.1, 0.15) is 57.9 Å². The lowest BCUT2D eigenvalue weighted by Crippen LogP contribution is -2.53. The van der Waals surface area contributed by atoms with Crippen LogP contribution in [-0.2, 0) is 14.4 Å². The predicted octanol–water partition coefficient (Wildman–Crippen LogP) is 0.781. The normalized spacial score (nSPS) is 19.7. The molecule has 1 saturated heterocycles. The number of hydrogen-bond acceptors (Lipinski definition) is 5. The number of aryl methyl sites for hydroxylation is 1. The highest BCUT2D eigenvalue weighted by molar-refractivity contribution is 6.39. The zero-order chi connectivity index (χ0) is 19.1. The van der Waals surface area contributed by atoms with Crippen LogP contribution < -0.4 is 21.3 Å². The summed E-state index contributed by atoms with van der Waals surface area (Å²) in [5.41, 5.74) is 0.665. The number of aromatic nitrogens is 2. The van der Waals surface area contributed by atoms with Crippen LogP contribution >= 0.6 is 0 Å². The molecule has 2 atom stereocenters. The first kappa shape index (κ1) is 19.9. The summed E-state index contributed by atoms with van der Waals surface area (Å²) in [6.45, 7) is 6.31. The molecule has 0 radical (unpaired) electrons. The Morgan fingerprint density at radius 1 is 1.31 bits per heavy atom. The van der Waals surface area contributed by atoms with Crippen LogP contribution in [0.15, 0.2) is 6.07 Å². The molecule has 0 spiro atoms. The Morgan fingerprint density at radius 3 is 2.77 bits per heavy atom. The lowest BCUT2D eigenvalue weighted by atomic mass is 10.1. The number of carbonyl (C=O) groups excluding carboxylic acids is 3. The highest BCUT2D eigenvalue weighted by Crippen LogP contribution is 2.18. The van der Waals surface area contributed by atoms with E-state index in [1.54, 1.807) is 13.0 Å². The fourth-order valence-electron chi connectivity index (χ4n) is 2.79. The highest BCUT2D eigenvalue weighted by atomic mass is 16.2.